The van der Waals surface area contributed by atoms with Crippen LogP contribution >= 0.6 is 0 Å². The second-order valence-corrected chi connectivity index (χ2v) is 4.25. The highest BCUT2D eigenvalue weighted by atomic mass is 16.9. The van der Waals surface area contributed by atoms with Gasteiger partial charge in [-0.2, -0.15) is 0 Å². The Labute approximate surface area is 127 Å². The number of ether oxygens (including phenoxy) is 2. The summed E-state index contributed by atoms with van der Waals surface area (Å²) in [4.78, 5) is 75.6. The Morgan fingerprint density at radius 1 is 0.696 bits per heavy atom. The number of carbonyl (C=O) groups excluding carboxylic acids is 6. The van der Waals surface area contributed by atoms with E-state index in [9.17, 15) is 28.8 Å². The van der Waals surface area contributed by atoms with Gasteiger partial charge in [-0.15, -0.1) is 0 Å². The quantitative estimate of drug-likeness (QED) is 0.371. The Bertz CT molecular complexity index is 503. The van der Waals surface area contributed by atoms with E-state index < -0.39 is 42.7 Å². The van der Waals surface area contributed by atoms with Crippen LogP contribution in [0.5, 0.6) is 0 Å². The lowest BCUT2D eigenvalue weighted by atomic mass is 10.4. The molecule has 2 aliphatic rings. The molecule has 124 valence electrons. The van der Waals surface area contributed by atoms with Crippen LogP contribution in [0.2, 0.25) is 0 Å². The van der Waals surface area contributed by atoms with Crippen LogP contribution in [-0.4, -0.2) is 52.9 Å². The van der Waals surface area contributed by atoms with E-state index in [0.29, 0.717) is 0 Å². The summed E-state index contributed by atoms with van der Waals surface area (Å²) in [7, 11) is 0. The second kappa shape index (κ2) is 6.72. The maximum atomic E-state index is 11.2. The molecule has 2 aliphatic heterocycles. The van der Waals surface area contributed by atoms with Gasteiger partial charge >= 0.3 is 12.3 Å². The molecular formula is C11H10N2O10. The van der Waals surface area contributed by atoms with Gasteiger partial charge in [-0.05, 0) is 0 Å². The SMILES string of the molecule is O=C(OCOC(=O)ON1C(=O)CCC1=O)ON1C(=O)CCC1=O. The van der Waals surface area contributed by atoms with Crippen LogP contribution in [0.3, 0.4) is 0 Å². The summed E-state index contributed by atoms with van der Waals surface area (Å²) in [5.41, 5.74) is 0. The summed E-state index contributed by atoms with van der Waals surface area (Å²) in [6.45, 7) is -0.982. The van der Waals surface area contributed by atoms with Crippen LogP contribution in [0.15, 0.2) is 0 Å². The molecule has 0 atom stereocenters. The van der Waals surface area contributed by atoms with Gasteiger partial charge in [0.1, 0.15) is 0 Å². The highest BCUT2D eigenvalue weighted by Gasteiger charge is 2.34. The van der Waals surface area contributed by atoms with E-state index in [0.717, 1.165) is 0 Å². The maximum absolute atomic E-state index is 11.2. The van der Waals surface area contributed by atoms with E-state index in [2.05, 4.69) is 19.1 Å². The molecule has 2 heterocycles. The number of imide groups is 2. The number of hydrogen-bond acceptors (Lipinski definition) is 10. The van der Waals surface area contributed by atoms with Gasteiger partial charge < -0.3 is 9.47 Å². The maximum Gasteiger partial charge on any atom is 0.536 e. The number of hydroxylamine groups is 4. The average Bonchev–Trinajstić information content (AvgIpc) is 2.97. The molecular weight excluding hydrogens is 320 g/mol. The summed E-state index contributed by atoms with van der Waals surface area (Å²) < 4.78 is 8.54. The summed E-state index contributed by atoms with van der Waals surface area (Å²) in [6, 6.07) is 0. The smallest absolute Gasteiger partial charge is 0.395 e. The number of nitrogens with zero attached hydrogens (tertiary/aromatic N) is 2. The lowest BCUT2D eigenvalue weighted by molar-refractivity contribution is -0.184. The fourth-order valence-electron chi connectivity index (χ4n) is 1.64. The third kappa shape index (κ3) is 3.93. The van der Waals surface area contributed by atoms with E-state index in [1.54, 1.807) is 0 Å². The van der Waals surface area contributed by atoms with E-state index >= 15 is 0 Å². The first-order valence-corrected chi connectivity index (χ1v) is 6.29. The van der Waals surface area contributed by atoms with E-state index in [1.807, 2.05) is 0 Å². The Balaban J connectivity index is 1.68. The van der Waals surface area contributed by atoms with Gasteiger partial charge in [0.05, 0.1) is 0 Å². The topological polar surface area (TPSA) is 146 Å². The van der Waals surface area contributed by atoms with Gasteiger partial charge in [-0.1, -0.05) is 10.1 Å². The standard InChI is InChI=1S/C11H10N2O10/c14-6-1-2-7(15)12(6)22-10(18)20-5-21-11(19)23-13-8(16)3-4-9(13)17/h1-5H2. The fraction of sp³-hybridized carbons (Fsp3) is 0.455. The molecule has 0 aromatic heterocycles. The molecule has 0 radical (unpaired) electrons. The first kappa shape index (κ1) is 16.2. The molecule has 0 spiro atoms. The molecule has 12 nitrogen and oxygen atoms in total. The first-order chi connectivity index (χ1) is 10.9. The van der Waals surface area contributed by atoms with Crippen molar-refractivity contribution in [2.75, 3.05) is 6.79 Å². The molecule has 0 unspecified atom stereocenters. The highest BCUT2D eigenvalue weighted by molar-refractivity contribution is 6.02. The first-order valence-electron chi connectivity index (χ1n) is 6.29. The molecule has 2 fully saturated rings. The lowest BCUT2D eigenvalue weighted by Crippen LogP contribution is -2.34. The van der Waals surface area contributed by atoms with Crippen LogP contribution in [-0.2, 0) is 38.3 Å². The lowest BCUT2D eigenvalue weighted by Gasteiger charge is -2.13. The average molecular weight is 330 g/mol. The van der Waals surface area contributed by atoms with E-state index in [1.165, 1.54) is 0 Å². The second-order valence-electron chi connectivity index (χ2n) is 4.25. The predicted octanol–water partition coefficient (Wildman–Crippen LogP) is -0.622. The predicted molar refractivity (Wildman–Crippen MR) is 62.2 cm³/mol. The van der Waals surface area contributed by atoms with Crippen LogP contribution < -0.4 is 0 Å². The zero-order valence-electron chi connectivity index (χ0n) is 11.5. The van der Waals surface area contributed by atoms with Crippen molar-refractivity contribution in [2.24, 2.45) is 0 Å². The normalized spacial score (nSPS) is 17.6. The summed E-state index contributed by atoms with van der Waals surface area (Å²) >= 11 is 0. The largest absolute Gasteiger partial charge is 0.536 e. The van der Waals surface area contributed by atoms with Crippen LogP contribution in [0, 0.1) is 0 Å². The van der Waals surface area contributed by atoms with Crippen molar-refractivity contribution in [3.05, 3.63) is 0 Å². The van der Waals surface area contributed by atoms with Crippen molar-refractivity contribution < 1.29 is 47.9 Å². The van der Waals surface area contributed by atoms with Crippen LogP contribution in [0.4, 0.5) is 9.59 Å². The Morgan fingerprint density at radius 3 is 1.30 bits per heavy atom. The highest BCUT2D eigenvalue weighted by Crippen LogP contribution is 2.13. The van der Waals surface area contributed by atoms with Gasteiger partial charge in [-0.25, -0.2) is 9.59 Å². The van der Waals surface area contributed by atoms with Crippen molar-refractivity contribution >= 4 is 35.9 Å². The number of rotatable bonds is 4. The van der Waals surface area contributed by atoms with Crippen molar-refractivity contribution in [3.8, 4) is 0 Å². The minimum absolute atomic E-state index is 0.0904. The summed E-state index contributed by atoms with van der Waals surface area (Å²) in [5, 5.41) is 0.477. The summed E-state index contributed by atoms with van der Waals surface area (Å²) in [6.07, 6.45) is -3.29. The number of carbonyl (C=O) groups is 6. The van der Waals surface area contributed by atoms with Crippen molar-refractivity contribution in [1.29, 1.82) is 0 Å². The molecule has 0 aliphatic carbocycles. The van der Waals surface area contributed by atoms with Crippen molar-refractivity contribution in [2.45, 2.75) is 25.7 Å². The molecule has 4 amide bonds. The molecule has 0 bridgehead atoms. The molecule has 23 heavy (non-hydrogen) atoms. The Hall–Kier alpha value is -3.18. The van der Waals surface area contributed by atoms with Crippen molar-refractivity contribution in [3.63, 3.8) is 0 Å². The minimum atomic E-state index is -1.46. The third-order valence-corrected chi connectivity index (χ3v) is 2.70. The molecule has 2 saturated heterocycles. The summed E-state index contributed by atoms with van der Waals surface area (Å²) in [5.74, 6) is -2.84. The Kier molecular flexibility index (Phi) is 4.73. The van der Waals surface area contributed by atoms with Crippen LogP contribution in [0.1, 0.15) is 25.7 Å². The number of amides is 4. The fourth-order valence-corrected chi connectivity index (χ4v) is 1.64. The van der Waals surface area contributed by atoms with E-state index in [-0.39, 0.29) is 35.8 Å². The van der Waals surface area contributed by atoms with Crippen LogP contribution in [0.25, 0.3) is 0 Å². The van der Waals surface area contributed by atoms with Gasteiger partial charge in [-0.3, -0.25) is 28.9 Å². The molecule has 12 heteroatoms. The van der Waals surface area contributed by atoms with Crippen molar-refractivity contribution in [1.82, 2.24) is 10.1 Å². The zero-order chi connectivity index (χ0) is 17.0. The van der Waals surface area contributed by atoms with E-state index in [4.69, 9.17) is 0 Å². The molecule has 0 N–H and O–H groups in total. The van der Waals surface area contributed by atoms with Gasteiger partial charge in [0, 0.05) is 25.7 Å². The van der Waals surface area contributed by atoms with Gasteiger partial charge in [0.15, 0.2) is 0 Å². The third-order valence-electron chi connectivity index (χ3n) is 2.70. The monoisotopic (exact) mass is 330 g/mol. The molecule has 0 aromatic rings. The van der Waals surface area contributed by atoms with Gasteiger partial charge in [0.25, 0.3) is 23.6 Å². The molecule has 2 rings (SSSR count). The van der Waals surface area contributed by atoms with Gasteiger partial charge in [0.2, 0.25) is 6.79 Å². The zero-order valence-corrected chi connectivity index (χ0v) is 11.5. The Morgan fingerprint density at radius 2 is 1.00 bits per heavy atom. The molecule has 0 saturated carbocycles. The number of hydrogen-bond donors (Lipinski definition) is 0. The minimum Gasteiger partial charge on any atom is -0.395 e. The molecule has 0 aromatic carbocycles.